The van der Waals surface area contributed by atoms with Crippen LogP contribution in [0.25, 0.3) is 0 Å². The van der Waals surface area contributed by atoms with Crippen LogP contribution >= 0.6 is 0 Å². The summed E-state index contributed by atoms with van der Waals surface area (Å²) < 4.78 is 1.98. The van der Waals surface area contributed by atoms with Crippen LogP contribution in [-0.2, 0) is 13.5 Å². The van der Waals surface area contributed by atoms with E-state index >= 15 is 0 Å². The van der Waals surface area contributed by atoms with Crippen molar-refractivity contribution in [2.24, 2.45) is 7.05 Å². The predicted molar refractivity (Wildman–Crippen MR) is 86.7 cm³/mol. The van der Waals surface area contributed by atoms with Crippen LogP contribution in [0.3, 0.4) is 0 Å². The molecule has 0 amide bonds. The molecule has 112 valence electrons. The Morgan fingerprint density at radius 2 is 2.19 bits per heavy atom. The van der Waals surface area contributed by atoms with Gasteiger partial charge in [0.05, 0.1) is 5.69 Å². The maximum Gasteiger partial charge on any atom is 0.0656 e. The second kappa shape index (κ2) is 6.02. The lowest BCUT2D eigenvalue weighted by atomic mass is 9.77. The zero-order chi connectivity index (χ0) is 14.8. The average Bonchev–Trinajstić information content (AvgIpc) is 2.88. The quantitative estimate of drug-likeness (QED) is 0.938. The zero-order valence-electron chi connectivity index (χ0n) is 13.3. The van der Waals surface area contributed by atoms with E-state index in [2.05, 4.69) is 54.7 Å². The molecule has 1 aromatic carbocycles. The van der Waals surface area contributed by atoms with E-state index in [9.17, 15) is 0 Å². The van der Waals surface area contributed by atoms with Gasteiger partial charge in [0.15, 0.2) is 0 Å². The number of benzene rings is 1. The van der Waals surface area contributed by atoms with E-state index in [1.807, 2.05) is 11.7 Å². The molecule has 0 radical (unpaired) electrons. The Kier molecular flexibility index (Phi) is 4.11. The molecule has 0 aliphatic carbocycles. The fourth-order valence-corrected chi connectivity index (χ4v) is 3.62. The number of hydrogen-bond acceptors (Lipinski definition) is 2. The number of aromatic nitrogens is 2. The highest BCUT2D eigenvalue weighted by molar-refractivity contribution is 5.33. The molecule has 3 nitrogen and oxygen atoms in total. The van der Waals surface area contributed by atoms with Crippen LogP contribution in [-0.4, -0.2) is 22.9 Å². The number of aryl methyl sites for hydroxylation is 3. The van der Waals surface area contributed by atoms with Crippen LogP contribution in [0.5, 0.6) is 0 Å². The van der Waals surface area contributed by atoms with Gasteiger partial charge in [0.25, 0.3) is 0 Å². The van der Waals surface area contributed by atoms with E-state index in [0.717, 1.165) is 19.5 Å². The fourth-order valence-electron chi connectivity index (χ4n) is 3.62. The summed E-state index contributed by atoms with van der Waals surface area (Å²) in [6.07, 6.45) is 4.44. The highest BCUT2D eigenvalue weighted by Gasteiger charge is 2.30. The van der Waals surface area contributed by atoms with Gasteiger partial charge in [-0.05, 0) is 43.4 Å². The van der Waals surface area contributed by atoms with Crippen LogP contribution in [0.1, 0.15) is 47.6 Å². The number of nitrogens with one attached hydrogen (secondary N) is 1. The SMILES string of the molecule is CCc1nn(C)cc1C1CCNCC1c1cccc(C)c1. The lowest BCUT2D eigenvalue weighted by Gasteiger charge is -2.33. The topological polar surface area (TPSA) is 29.9 Å². The zero-order valence-corrected chi connectivity index (χ0v) is 13.3. The van der Waals surface area contributed by atoms with Crippen molar-refractivity contribution < 1.29 is 0 Å². The van der Waals surface area contributed by atoms with Gasteiger partial charge in [-0.1, -0.05) is 36.8 Å². The Morgan fingerprint density at radius 3 is 2.95 bits per heavy atom. The molecule has 1 fully saturated rings. The summed E-state index contributed by atoms with van der Waals surface area (Å²) in [5.74, 6) is 1.13. The van der Waals surface area contributed by atoms with Crippen LogP contribution in [0.2, 0.25) is 0 Å². The van der Waals surface area contributed by atoms with Crippen molar-refractivity contribution in [1.29, 1.82) is 0 Å². The molecule has 0 bridgehead atoms. The maximum atomic E-state index is 4.65. The molecule has 0 spiro atoms. The van der Waals surface area contributed by atoms with Crippen molar-refractivity contribution >= 4 is 0 Å². The van der Waals surface area contributed by atoms with Gasteiger partial charge in [0.2, 0.25) is 0 Å². The van der Waals surface area contributed by atoms with Crippen molar-refractivity contribution in [1.82, 2.24) is 15.1 Å². The molecule has 3 heteroatoms. The standard InChI is InChI=1S/C18H25N3/c1-4-18-17(12-21(3)20-18)15-8-9-19-11-16(15)14-7-5-6-13(2)10-14/h5-7,10,12,15-16,19H,4,8-9,11H2,1-3H3. The van der Waals surface area contributed by atoms with Gasteiger partial charge >= 0.3 is 0 Å². The summed E-state index contributed by atoms with van der Waals surface area (Å²) in [5, 5.41) is 8.22. The molecule has 2 unspecified atom stereocenters. The Labute approximate surface area is 127 Å². The van der Waals surface area contributed by atoms with Gasteiger partial charge in [0.1, 0.15) is 0 Å². The molecular formula is C18H25N3. The van der Waals surface area contributed by atoms with E-state index in [-0.39, 0.29) is 0 Å². The van der Waals surface area contributed by atoms with Gasteiger partial charge in [-0.2, -0.15) is 5.10 Å². The normalized spacial score (nSPS) is 22.4. The molecule has 0 saturated carbocycles. The maximum absolute atomic E-state index is 4.65. The largest absolute Gasteiger partial charge is 0.316 e. The molecule has 1 aliphatic rings. The minimum Gasteiger partial charge on any atom is -0.316 e. The average molecular weight is 283 g/mol. The lowest BCUT2D eigenvalue weighted by molar-refractivity contribution is 0.402. The highest BCUT2D eigenvalue weighted by Crippen LogP contribution is 2.38. The Morgan fingerprint density at radius 1 is 1.33 bits per heavy atom. The first-order valence-electron chi connectivity index (χ1n) is 7.98. The first-order valence-corrected chi connectivity index (χ1v) is 7.98. The first kappa shape index (κ1) is 14.3. The second-order valence-corrected chi connectivity index (χ2v) is 6.18. The molecule has 2 heterocycles. The van der Waals surface area contributed by atoms with Crippen LogP contribution in [0.15, 0.2) is 30.5 Å². The summed E-state index contributed by atoms with van der Waals surface area (Å²) in [6, 6.07) is 8.98. The number of hydrogen-bond donors (Lipinski definition) is 1. The summed E-state index contributed by atoms with van der Waals surface area (Å²) >= 11 is 0. The molecule has 2 atom stereocenters. The van der Waals surface area contributed by atoms with Crippen LogP contribution < -0.4 is 5.32 Å². The minimum absolute atomic E-state index is 0.549. The smallest absolute Gasteiger partial charge is 0.0656 e. The Balaban J connectivity index is 1.98. The summed E-state index contributed by atoms with van der Waals surface area (Å²) in [4.78, 5) is 0. The number of nitrogens with zero attached hydrogens (tertiary/aromatic N) is 2. The van der Waals surface area contributed by atoms with Crippen LogP contribution in [0, 0.1) is 6.92 Å². The monoisotopic (exact) mass is 283 g/mol. The van der Waals surface area contributed by atoms with E-state index < -0.39 is 0 Å². The minimum atomic E-state index is 0.549. The molecule has 21 heavy (non-hydrogen) atoms. The predicted octanol–water partition coefficient (Wildman–Crippen LogP) is 3.15. The van der Waals surface area contributed by atoms with Crippen molar-refractivity contribution in [3.8, 4) is 0 Å². The number of piperidine rings is 1. The van der Waals surface area contributed by atoms with Gasteiger partial charge in [-0.3, -0.25) is 4.68 Å². The van der Waals surface area contributed by atoms with Crippen molar-refractivity contribution in [2.75, 3.05) is 13.1 Å². The summed E-state index contributed by atoms with van der Waals surface area (Å²) in [6.45, 7) is 6.54. The van der Waals surface area contributed by atoms with Crippen molar-refractivity contribution in [2.45, 2.75) is 38.5 Å². The van der Waals surface area contributed by atoms with Crippen molar-refractivity contribution in [3.05, 3.63) is 52.8 Å². The van der Waals surface area contributed by atoms with Gasteiger partial charge in [0, 0.05) is 25.7 Å². The molecule has 1 aromatic heterocycles. The second-order valence-electron chi connectivity index (χ2n) is 6.18. The Bertz CT molecular complexity index is 615. The van der Waals surface area contributed by atoms with Crippen molar-refractivity contribution in [3.63, 3.8) is 0 Å². The van der Waals surface area contributed by atoms with E-state index in [1.54, 1.807) is 0 Å². The fraction of sp³-hybridized carbons (Fsp3) is 0.500. The Hall–Kier alpha value is -1.61. The summed E-state index contributed by atoms with van der Waals surface area (Å²) in [7, 11) is 2.03. The summed E-state index contributed by atoms with van der Waals surface area (Å²) in [5.41, 5.74) is 5.52. The van der Waals surface area contributed by atoms with E-state index in [4.69, 9.17) is 0 Å². The third kappa shape index (κ3) is 2.88. The van der Waals surface area contributed by atoms with Gasteiger partial charge in [-0.15, -0.1) is 0 Å². The molecular weight excluding hydrogens is 258 g/mol. The lowest BCUT2D eigenvalue weighted by Crippen LogP contribution is -2.34. The molecule has 1 N–H and O–H groups in total. The molecule has 1 saturated heterocycles. The third-order valence-electron chi connectivity index (χ3n) is 4.62. The van der Waals surface area contributed by atoms with E-state index in [0.29, 0.717) is 11.8 Å². The first-order chi connectivity index (χ1) is 10.2. The third-order valence-corrected chi connectivity index (χ3v) is 4.62. The highest BCUT2D eigenvalue weighted by atomic mass is 15.3. The molecule has 3 rings (SSSR count). The molecule has 2 aromatic rings. The van der Waals surface area contributed by atoms with Gasteiger partial charge in [-0.25, -0.2) is 0 Å². The molecule has 1 aliphatic heterocycles. The van der Waals surface area contributed by atoms with Crippen LogP contribution in [0.4, 0.5) is 0 Å². The number of rotatable bonds is 3. The van der Waals surface area contributed by atoms with Gasteiger partial charge < -0.3 is 5.32 Å². The van der Waals surface area contributed by atoms with E-state index in [1.165, 1.54) is 28.8 Å².